The smallest absolute Gasteiger partial charge is 0.337 e. The van der Waals surface area contributed by atoms with Crippen molar-refractivity contribution in [3.8, 4) is 0 Å². The fraction of sp³-hybridized carbons (Fsp3) is 0.0556. The van der Waals surface area contributed by atoms with Gasteiger partial charge in [0.2, 0.25) is 0 Å². The third kappa shape index (κ3) is 3.75. The van der Waals surface area contributed by atoms with E-state index in [4.69, 9.17) is 0 Å². The number of halogens is 2. The second kappa shape index (κ2) is 7.14. The normalized spacial score (nSPS) is 10.4. The molecular weight excluding hydrogens is 342 g/mol. The van der Waals surface area contributed by atoms with Crippen LogP contribution in [-0.4, -0.2) is 21.0 Å². The van der Waals surface area contributed by atoms with Crippen LogP contribution in [0.5, 0.6) is 0 Å². The molecule has 26 heavy (non-hydrogen) atoms. The number of carboxylic acid groups (broad SMARTS) is 1. The van der Waals surface area contributed by atoms with Crippen molar-refractivity contribution in [2.75, 3.05) is 10.6 Å². The number of nitrogens with one attached hydrogen (secondary N) is 2. The van der Waals surface area contributed by atoms with E-state index in [1.807, 2.05) is 0 Å². The first-order valence-electron chi connectivity index (χ1n) is 7.60. The van der Waals surface area contributed by atoms with Gasteiger partial charge in [0.05, 0.1) is 11.3 Å². The van der Waals surface area contributed by atoms with Crippen molar-refractivity contribution in [1.82, 2.24) is 9.97 Å². The number of benzene rings is 2. The molecule has 0 aliphatic heterocycles. The lowest BCUT2D eigenvalue weighted by Crippen LogP contribution is -2.06. The van der Waals surface area contributed by atoms with Gasteiger partial charge in [-0.05, 0) is 31.2 Å². The molecule has 0 bridgehead atoms. The largest absolute Gasteiger partial charge is 0.478 e. The quantitative estimate of drug-likeness (QED) is 0.634. The Balaban J connectivity index is 1.93. The number of carbonyl (C=O) groups is 1. The van der Waals surface area contributed by atoms with E-state index < -0.39 is 17.6 Å². The zero-order valence-electron chi connectivity index (χ0n) is 13.6. The van der Waals surface area contributed by atoms with E-state index in [1.54, 1.807) is 25.1 Å². The molecule has 1 aromatic heterocycles. The number of aromatic nitrogens is 2. The molecule has 0 saturated carbocycles. The summed E-state index contributed by atoms with van der Waals surface area (Å²) in [5.74, 6) is -1.83. The van der Waals surface area contributed by atoms with Gasteiger partial charge in [0, 0.05) is 6.07 Å². The maximum absolute atomic E-state index is 13.8. The number of nitrogens with zero attached hydrogens (tertiary/aromatic N) is 2. The Morgan fingerprint density at radius 1 is 0.962 bits per heavy atom. The van der Waals surface area contributed by atoms with Gasteiger partial charge in [0.1, 0.15) is 34.8 Å². The Labute approximate surface area is 147 Å². The second-order valence-electron chi connectivity index (χ2n) is 5.38. The molecule has 0 spiro atoms. The summed E-state index contributed by atoms with van der Waals surface area (Å²) in [4.78, 5) is 19.6. The molecule has 0 amide bonds. The molecule has 2 aromatic carbocycles. The molecule has 6 nitrogen and oxygen atoms in total. The summed E-state index contributed by atoms with van der Waals surface area (Å²) < 4.78 is 27.6. The Bertz CT molecular complexity index is 959. The summed E-state index contributed by atoms with van der Waals surface area (Å²) in [6.45, 7) is 1.61. The summed E-state index contributed by atoms with van der Waals surface area (Å²) in [7, 11) is 0. The van der Waals surface area contributed by atoms with Crippen molar-refractivity contribution in [3.63, 3.8) is 0 Å². The third-order valence-corrected chi connectivity index (χ3v) is 3.47. The average Bonchev–Trinajstić information content (AvgIpc) is 2.58. The van der Waals surface area contributed by atoms with Crippen LogP contribution < -0.4 is 10.6 Å². The molecule has 0 fully saturated rings. The van der Waals surface area contributed by atoms with Gasteiger partial charge in [0.15, 0.2) is 0 Å². The second-order valence-corrected chi connectivity index (χ2v) is 5.38. The standard InChI is InChI=1S/C18H14F2N4O2/c1-10-21-15(23-14-8-3-2-5-11(14)18(25)26)9-16(22-10)24-17-12(19)6-4-7-13(17)20/h2-9H,1H3,(H,25,26)(H2,21,22,23,24). The summed E-state index contributed by atoms with van der Waals surface area (Å²) in [5, 5.41) is 14.7. The predicted molar refractivity (Wildman–Crippen MR) is 93.1 cm³/mol. The number of hydrogen-bond donors (Lipinski definition) is 3. The zero-order chi connectivity index (χ0) is 18.7. The Morgan fingerprint density at radius 2 is 1.58 bits per heavy atom. The maximum atomic E-state index is 13.8. The van der Waals surface area contributed by atoms with Gasteiger partial charge in [-0.25, -0.2) is 23.5 Å². The minimum absolute atomic E-state index is 0.0680. The lowest BCUT2D eigenvalue weighted by atomic mass is 10.2. The number of anilines is 4. The SMILES string of the molecule is Cc1nc(Nc2ccccc2C(=O)O)cc(Nc2c(F)cccc2F)n1. The lowest BCUT2D eigenvalue weighted by molar-refractivity contribution is 0.0698. The van der Waals surface area contributed by atoms with E-state index in [9.17, 15) is 18.7 Å². The zero-order valence-corrected chi connectivity index (χ0v) is 13.6. The summed E-state index contributed by atoms with van der Waals surface area (Å²) in [5.41, 5.74) is 0.0713. The predicted octanol–water partition coefficient (Wildman–Crippen LogP) is 4.25. The molecule has 1 heterocycles. The molecule has 0 unspecified atom stereocenters. The molecule has 3 aromatic rings. The van der Waals surface area contributed by atoms with Crippen LogP contribution in [-0.2, 0) is 0 Å². The van der Waals surface area contributed by atoms with Crippen LogP contribution in [0.15, 0.2) is 48.5 Å². The molecule has 8 heteroatoms. The van der Waals surface area contributed by atoms with Crippen LogP contribution in [0, 0.1) is 18.6 Å². The molecule has 0 aliphatic rings. The minimum atomic E-state index is -1.09. The minimum Gasteiger partial charge on any atom is -0.478 e. The fourth-order valence-corrected chi connectivity index (χ4v) is 2.36. The van der Waals surface area contributed by atoms with Gasteiger partial charge in [-0.2, -0.15) is 0 Å². The van der Waals surface area contributed by atoms with Crippen LogP contribution in [0.4, 0.5) is 31.8 Å². The van der Waals surface area contributed by atoms with Gasteiger partial charge in [0.25, 0.3) is 0 Å². The van der Waals surface area contributed by atoms with E-state index in [-0.39, 0.29) is 22.9 Å². The third-order valence-electron chi connectivity index (χ3n) is 3.47. The molecular formula is C18H14F2N4O2. The highest BCUT2D eigenvalue weighted by atomic mass is 19.1. The van der Waals surface area contributed by atoms with E-state index in [0.717, 1.165) is 12.1 Å². The monoisotopic (exact) mass is 356 g/mol. The molecule has 3 N–H and O–H groups in total. The first-order valence-corrected chi connectivity index (χ1v) is 7.60. The fourth-order valence-electron chi connectivity index (χ4n) is 2.36. The van der Waals surface area contributed by atoms with Crippen molar-refractivity contribution in [1.29, 1.82) is 0 Å². The Hall–Kier alpha value is -3.55. The van der Waals surface area contributed by atoms with Gasteiger partial charge in [-0.15, -0.1) is 0 Å². The van der Waals surface area contributed by atoms with Crippen molar-refractivity contribution in [2.24, 2.45) is 0 Å². The first-order chi connectivity index (χ1) is 12.4. The van der Waals surface area contributed by atoms with E-state index in [2.05, 4.69) is 20.6 Å². The van der Waals surface area contributed by atoms with Gasteiger partial charge < -0.3 is 15.7 Å². The number of para-hydroxylation sites is 2. The van der Waals surface area contributed by atoms with Crippen LogP contribution in [0.25, 0.3) is 0 Å². The van der Waals surface area contributed by atoms with E-state index >= 15 is 0 Å². The van der Waals surface area contributed by atoms with E-state index in [1.165, 1.54) is 18.2 Å². The van der Waals surface area contributed by atoms with Crippen molar-refractivity contribution < 1.29 is 18.7 Å². The average molecular weight is 356 g/mol. The van der Waals surface area contributed by atoms with Gasteiger partial charge >= 0.3 is 5.97 Å². The molecule has 0 aliphatic carbocycles. The van der Waals surface area contributed by atoms with Crippen LogP contribution in [0.3, 0.4) is 0 Å². The number of carboxylic acids is 1. The number of aryl methyl sites for hydroxylation is 1. The highest BCUT2D eigenvalue weighted by Gasteiger charge is 2.13. The van der Waals surface area contributed by atoms with Crippen LogP contribution >= 0.6 is 0 Å². The van der Waals surface area contributed by atoms with Gasteiger partial charge in [-0.3, -0.25) is 0 Å². The number of aromatic carboxylic acids is 1. The first kappa shape index (κ1) is 17.3. The van der Waals surface area contributed by atoms with Crippen molar-refractivity contribution >= 4 is 29.0 Å². The molecule has 0 atom stereocenters. The summed E-state index contributed by atoms with van der Waals surface area (Å²) >= 11 is 0. The Kier molecular flexibility index (Phi) is 4.74. The lowest BCUT2D eigenvalue weighted by Gasteiger charge is -2.12. The van der Waals surface area contributed by atoms with E-state index in [0.29, 0.717) is 11.5 Å². The molecule has 0 saturated heterocycles. The highest BCUT2D eigenvalue weighted by Crippen LogP contribution is 2.25. The molecule has 0 radical (unpaired) electrons. The maximum Gasteiger partial charge on any atom is 0.337 e. The highest BCUT2D eigenvalue weighted by molar-refractivity contribution is 5.95. The molecule has 132 valence electrons. The van der Waals surface area contributed by atoms with Crippen molar-refractivity contribution in [3.05, 3.63) is 71.6 Å². The van der Waals surface area contributed by atoms with Crippen LogP contribution in [0.1, 0.15) is 16.2 Å². The van der Waals surface area contributed by atoms with Crippen LogP contribution in [0.2, 0.25) is 0 Å². The number of rotatable bonds is 5. The molecule has 3 rings (SSSR count). The Morgan fingerprint density at radius 3 is 2.23 bits per heavy atom. The van der Waals surface area contributed by atoms with Crippen molar-refractivity contribution in [2.45, 2.75) is 6.92 Å². The summed E-state index contributed by atoms with van der Waals surface area (Å²) in [6, 6.07) is 11.3. The van der Waals surface area contributed by atoms with Gasteiger partial charge in [-0.1, -0.05) is 18.2 Å². The number of hydrogen-bond acceptors (Lipinski definition) is 5. The summed E-state index contributed by atoms with van der Waals surface area (Å²) in [6.07, 6.45) is 0. The topological polar surface area (TPSA) is 87.1 Å².